The fourth-order valence-corrected chi connectivity index (χ4v) is 3.52. The Morgan fingerprint density at radius 2 is 1.89 bits per heavy atom. The number of rotatable bonds is 8. The van der Waals surface area contributed by atoms with E-state index < -0.39 is 12.6 Å². The zero-order valence-corrected chi connectivity index (χ0v) is 16.5. The maximum Gasteiger partial charge on any atom is 0.248 e. The zero-order valence-electron chi connectivity index (χ0n) is 15.0. The number of halogens is 3. The number of benzene rings is 1. The molecule has 2 aromatic heterocycles. The van der Waals surface area contributed by atoms with Gasteiger partial charge in [0.25, 0.3) is 0 Å². The van der Waals surface area contributed by atoms with Gasteiger partial charge in [0.1, 0.15) is 12.4 Å². The lowest BCUT2D eigenvalue weighted by molar-refractivity contribution is -0.134. The average molecular weight is 425 g/mol. The number of aromatic amines is 1. The van der Waals surface area contributed by atoms with Crippen molar-refractivity contribution in [2.24, 2.45) is 0 Å². The summed E-state index contributed by atoms with van der Waals surface area (Å²) in [6, 6.07) is 7.99. The molecule has 0 unspecified atom stereocenters. The van der Waals surface area contributed by atoms with E-state index in [1.165, 1.54) is 6.07 Å². The normalized spacial score (nSPS) is 11.1. The Kier molecular flexibility index (Phi) is 6.83. The van der Waals surface area contributed by atoms with E-state index in [9.17, 15) is 14.3 Å². The SMILES string of the molecule is O=C(CO)N(CCCCc1nc2nc(F)ccc2[nH]1)Cc1cc(Cl)cc(Cl)c1. The zero-order chi connectivity index (χ0) is 20.1. The third kappa shape index (κ3) is 5.41. The molecule has 0 aliphatic heterocycles. The molecule has 2 heterocycles. The highest BCUT2D eigenvalue weighted by Gasteiger charge is 2.14. The highest BCUT2D eigenvalue weighted by molar-refractivity contribution is 6.34. The van der Waals surface area contributed by atoms with Crippen molar-refractivity contribution in [1.82, 2.24) is 19.9 Å². The number of fused-ring (bicyclic) bond motifs is 1. The second kappa shape index (κ2) is 9.32. The summed E-state index contributed by atoms with van der Waals surface area (Å²) >= 11 is 12.0. The highest BCUT2D eigenvalue weighted by Crippen LogP contribution is 2.20. The van der Waals surface area contributed by atoms with Gasteiger partial charge in [-0.25, -0.2) is 4.98 Å². The second-order valence-electron chi connectivity index (χ2n) is 6.40. The van der Waals surface area contributed by atoms with Gasteiger partial charge in [-0.15, -0.1) is 0 Å². The fourth-order valence-electron chi connectivity index (χ4n) is 2.95. The first-order valence-electron chi connectivity index (χ1n) is 8.79. The third-order valence-corrected chi connectivity index (χ3v) is 4.67. The van der Waals surface area contributed by atoms with Gasteiger partial charge in [-0.1, -0.05) is 23.2 Å². The van der Waals surface area contributed by atoms with Gasteiger partial charge in [-0.2, -0.15) is 9.37 Å². The summed E-state index contributed by atoms with van der Waals surface area (Å²) in [6.45, 7) is 0.221. The predicted molar refractivity (Wildman–Crippen MR) is 106 cm³/mol. The van der Waals surface area contributed by atoms with Gasteiger partial charge >= 0.3 is 0 Å². The molecule has 0 fully saturated rings. The number of hydrogen-bond acceptors (Lipinski definition) is 4. The number of aromatic nitrogens is 3. The van der Waals surface area contributed by atoms with Crippen LogP contribution >= 0.6 is 23.2 Å². The maximum absolute atomic E-state index is 13.1. The van der Waals surface area contributed by atoms with Crippen LogP contribution in [0, 0.1) is 5.95 Å². The molecule has 0 spiro atoms. The molecule has 0 bridgehead atoms. The van der Waals surface area contributed by atoms with Gasteiger partial charge in [-0.3, -0.25) is 4.79 Å². The molecule has 0 aliphatic carbocycles. The third-order valence-electron chi connectivity index (χ3n) is 4.24. The van der Waals surface area contributed by atoms with Gasteiger partial charge < -0.3 is 15.0 Å². The summed E-state index contributed by atoms with van der Waals surface area (Å²) < 4.78 is 13.1. The second-order valence-corrected chi connectivity index (χ2v) is 7.27. The van der Waals surface area contributed by atoms with Crippen LogP contribution in [0.5, 0.6) is 0 Å². The molecular formula is C19H19Cl2FN4O2. The lowest BCUT2D eigenvalue weighted by Crippen LogP contribution is -2.33. The number of aliphatic hydroxyl groups is 1. The molecule has 0 radical (unpaired) electrons. The van der Waals surface area contributed by atoms with Crippen LogP contribution in [0.15, 0.2) is 30.3 Å². The van der Waals surface area contributed by atoms with E-state index in [0.29, 0.717) is 47.1 Å². The number of imidazole rings is 1. The molecule has 148 valence electrons. The van der Waals surface area contributed by atoms with Crippen LogP contribution in [0.3, 0.4) is 0 Å². The van der Waals surface area contributed by atoms with E-state index in [1.54, 1.807) is 29.2 Å². The minimum Gasteiger partial charge on any atom is -0.387 e. The highest BCUT2D eigenvalue weighted by atomic mass is 35.5. The molecule has 3 rings (SSSR count). The number of pyridine rings is 1. The van der Waals surface area contributed by atoms with Crippen molar-refractivity contribution < 1.29 is 14.3 Å². The first kappa shape index (κ1) is 20.5. The minimum absolute atomic E-state index is 0.313. The van der Waals surface area contributed by atoms with Gasteiger partial charge in [0, 0.05) is 29.6 Å². The number of carbonyl (C=O) groups is 1. The molecule has 1 amide bonds. The number of nitrogens with one attached hydrogen (secondary N) is 1. The van der Waals surface area contributed by atoms with Crippen molar-refractivity contribution >= 4 is 40.3 Å². The molecule has 2 N–H and O–H groups in total. The number of unbranched alkanes of at least 4 members (excludes halogenated alkanes) is 1. The van der Waals surface area contributed by atoms with E-state index in [0.717, 1.165) is 17.8 Å². The van der Waals surface area contributed by atoms with E-state index in [-0.39, 0.29) is 5.91 Å². The first-order chi connectivity index (χ1) is 13.4. The molecule has 0 aliphatic rings. The Morgan fingerprint density at radius 1 is 1.14 bits per heavy atom. The number of hydrogen-bond donors (Lipinski definition) is 2. The van der Waals surface area contributed by atoms with Crippen LogP contribution in [-0.4, -0.2) is 44.0 Å². The molecule has 9 heteroatoms. The van der Waals surface area contributed by atoms with E-state index in [1.807, 2.05) is 0 Å². The largest absolute Gasteiger partial charge is 0.387 e. The van der Waals surface area contributed by atoms with Gasteiger partial charge in [0.15, 0.2) is 5.65 Å². The van der Waals surface area contributed by atoms with Crippen molar-refractivity contribution in [3.05, 3.63) is 57.7 Å². The van der Waals surface area contributed by atoms with Crippen LogP contribution < -0.4 is 0 Å². The van der Waals surface area contributed by atoms with E-state index in [4.69, 9.17) is 23.2 Å². The van der Waals surface area contributed by atoms with Crippen molar-refractivity contribution in [1.29, 1.82) is 0 Å². The average Bonchev–Trinajstić information content (AvgIpc) is 3.04. The molecule has 0 atom stereocenters. The minimum atomic E-state index is -0.565. The molecule has 0 saturated carbocycles. The summed E-state index contributed by atoms with van der Waals surface area (Å²) in [5.41, 5.74) is 1.83. The summed E-state index contributed by atoms with van der Waals surface area (Å²) in [6.07, 6.45) is 2.11. The van der Waals surface area contributed by atoms with Crippen LogP contribution in [-0.2, 0) is 17.8 Å². The van der Waals surface area contributed by atoms with Gasteiger partial charge in [0.05, 0.1) is 5.52 Å². The molecule has 1 aromatic carbocycles. The van der Waals surface area contributed by atoms with Crippen LogP contribution in [0.4, 0.5) is 4.39 Å². The van der Waals surface area contributed by atoms with Crippen molar-refractivity contribution in [3.63, 3.8) is 0 Å². The Bertz CT molecular complexity index is 959. The van der Waals surface area contributed by atoms with Crippen LogP contribution in [0.1, 0.15) is 24.2 Å². The van der Waals surface area contributed by atoms with E-state index >= 15 is 0 Å². The fraction of sp³-hybridized carbons (Fsp3) is 0.316. The molecule has 3 aromatic rings. The van der Waals surface area contributed by atoms with Crippen LogP contribution in [0.25, 0.3) is 11.2 Å². The molecular weight excluding hydrogens is 406 g/mol. The Morgan fingerprint density at radius 3 is 2.61 bits per heavy atom. The standard InChI is InChI=1S/C19H19Cl2FN4O2/c20-13-7-12(8-14(21)9-13)10-26(18(28)11-27)6-2-1-3-17-23-15-4-5-16(22)24-19(15)25-17/h4-5,7-9,27H,1-3,6,10-11H2,(H,23,24,25). The lowest BCUT2D eigenvalue weighted by atomic mass is 10.2. The summed E-state index contributed by atoms with van der Waals surface area (Å²) in [5.74, 6) is -0.209. The monoisotopic (exact) mass is 424 g/mol. The maximum atomic E-state index is 13.1. The Balaban J connectivity index is 1.56. The van der Waals surface area contributed by atoms with Crippen LogP contribution in [0.2, 0.25) is 10.0 Å². The number of carbonyl (C=O) groups excluding carboxylic acids is 1. The number of amides is 1. The first-order valence-corrected chi connectivity index (χ1v) is 9.55. The molecule has 6 nitrogen and oxygen atoms in total. The topological polar surface area (TPSA) is 82.1 Å². The summed E-state index contributed by atoms with van der Waals surface area (Å²) in [5, 5.41) is 10.2. The quantitative estimate of drug-likeness (QED) is 0.426. The number of aliphatic hydroxyl groups excluding tert-OH is 1. The van der Waals surface area contributed by atoms with Crippen molar-refractivity contribution in [2.45, 2.75) is 25.8 Å². The van der Waals surface area contributed by atoms with Crippen molar-refractivity contribution in [3.8, 4) is 0 Å². The Labute approximate surface area is 171 Å². The lowest BCUT2D eigenvalue weighted by Gasteiger charge is -2.22. The van der Waals surface area contributed by atoms with Gasteiger partial charge in [0.2, 0.25) is 11.9 Å². The van der Waals surface area contributed by atoms with Crippen molar-refractivity contribution in [2.75, 3.05) is 13.2 Å². The number of aryl methyl sites for hydroxylation is 1. The number of H-pyrrole nitrogens is 1. The predicted octanol–water partition coefficient (Wildman–Crippen LogP) is 3.75. The smallest absolute Gasteiger partial charge is 0.248 e. The number of nitrogens with zero attached hydrogens (tertiary/aromatic N) is 3. The van der Waals surface area contributed by atoms with Gasteiger partial charge in [-0.05, 0) is 48.7 Å². The molecule has 28 heavy (non-hydrogen) atoms. The Hall–Kier alpha value is -2.22. The van der Waals surface area contributed by atoms with E-state index in [2.05, 4.69) is 15.0 Å². The summed E-state index contributed by atoms with van der Waals surface area (Å²) in [4.78, 5) is 24.7. The summed E-state index contributed by atoms with van der Waals surface area (Å²) in [7, 11) is 0. The molecule has 0 saturated heterocycles.